The van der Waals surface area contributed by atoms with Crippen molar-refractivity contribution in [3.05, 3.63) is 52.9 Å². The van der Waals surface area contributed by atoms with Crippen molar-refractivity contribution in [2.24, 2.45) is 5.92 Å². The minimum Gasteiger partial charge on any atom is -0.449 e. The second-order valence-corrected chi connectivity index (χ2v) is 8.84. The average Bonchev–Trinajstić information content (AvgIpc) is 3.26. The van der Waals surface area contributed by atoms with Gasteiger partial charge in [-0.2, -0.15) is 0 Å². The molecule has 2 N–H and O–H groups in total. The highest BCUT2D eigenvalue weighted by molar-refractivity contribution is 6.30. The van der Waals surface area contributed by atoms with E-state index in [0.717, 1.165) is 32.1 Å². The van der Waals surface area contributed by atoms with E-state index in [9.17, 15) is 14.7 Å². The van der Waals surface area contributed by atoms with Gasteiger partial charge in [0.05, 0.1) is 11.6 Å². The van der Waals surface area contributed by atoms with Crippen molar-refractivity contribution < 1.29 is 19.1 Å². The summed E-state index contributed by atoms with van der Waals surface area (Å²) in [6, 6.07) is 8.35. The van der Waals surface area contributed by atoms with Crippen LogP contribution in [0.1, 0.15) is 48.2 Å². The summed E-state index contributed by atoms with van der Waals surface area (Å²) in [5.41, 5.74) is 1.37. The highest BCUT2D eigenvalue weighted by Gasteiger charge is 2.32. The van der Waals surface area contributed by atoms with Gasteiger partial charge in [0.1, 0.15) is 11.5 Å². The molecule has 34 heavy (non-hydrogen) atoms. The van der Waals surface area contributed by atoms with Gasteiger partial charge in [0.15, 0.2) is 11.3 Å². The maximum Gasteiger partial charge on any atom is 0.292 e. The molecule has 2 amide bonds. The number of nitrogens with zero attached hydrogens (tertiary/aromatic N) is 3. The van der Waals surface area contributed by atoms with Gasteiger partial charge >= 0.3 is 0 Å². The molecule has 0 spiro atoms. The molecule has 1 saturated carbocycles. The predicted molar refractivity (Wildman–Crippen MR) is 134 cm³/mol. The molecular formula is C24H28Cl2N4O4. The fraction of sp³-hybridized carbons (Fsp3) is 0.375. The molecule has 3 aromatic rings. The number of aromatic nitrogens is 1. The second-order valence-electron chi connectivity index (χ2n) is 8.41. The highest BCUT2D eigenvalue weighted by Crippen LogP contribution is 2.36. The number of furan rings is 1. The summed E-state index contributed by atoms with van der Waals surface area (Å²) in [7, 11) is 3.56. The van der Waals surface area contributed by atoms with Gasteiger partial charge in [-0.25, -0.2) is 15.0 Å². The fourth-order valence-corrected chi connectivity index (χ4v) is 4.37. The number of hydrogen-bond donors (Lipinski definition) is 2. The van der Waals surface area contributed by atoms with Crippen molar-refractivity contribution in [2.45, 2.75) is 38.7 Å². The highest BCUT2D eigenvalue weighted by atomic mass is 35.5. The molecule has 2 heterocycles. The first kappa shape index (κ1) is 26.0. The molecule has 8 nitrogen and oxygen atoms in total. The minimum atomic E-state index is -0.479. The molecule has 0 radical (unpaired) electrons. The summed E-state index contributed by atoms with van der Waals surface area (Å²) >= 11 is 5.85. The van der Waals surface area contributed by atoms with Crippen LogP contribution in [0.4, 0.5) is 11.5 Å². The van der Waals surface area contributed by atoms with Crippen LogP contribution in [0.5, 0.6) is 0 Å². The van der Waals surface area contributed by atoms with E-state index in [0.29, 0.717) is 33.1 Å². The average molecular weight is 507 g/mol. The standard InChI is InChI=1S/C24H27ClN4O4.ClH/c1-28(2)29(24(32)15-6-4-3-5-7-15)21-17(14-30)9-8-16-12-19(33-22(16)21)23(31)27-20-11-10-18(25)13-26-20;/h8-13,15,30H,3-7,14H2,1-2H3,(H,26,27,31);1H. The van der Waals surface area contributed by atoms with E-state index in [1.807, 2.05) is 0 Å². The van der Waals surface area contributed by atoms with Crippen molar-refractivity contribution in [3.8, 4) is 0 Å². The number of fused-ring (bicyclic) bond motifs is 1. The number of halogens is 2. The first-order valence-corrected chi connectivity index (χ1v) is 11.4. The van der Waals surface area contributed by atoms with Crippen molar-refractivity contribution in [2.75, 3.05) is 24.4 Å². The zero-order valence-corrected chi connectivity index (χ0v) is 20.7. The maximum absolute atomic E-state index is 13.5. The SMILES string of the molecule is CN(C)N(C(=O)C1CCCCC1)c1c(CO)ccc2cc(C(=O)Nc3ccc(Cl)cn3)oc12.Cl. The van der Waals surface area contributed by atoms with Crippen LogP contribution in [0.25, 0.3) is 11.0 Å². The molecular weight excluding hydrogens is 479 g/mol. The Morgan fingerprint density at radius 3 is 2.53 bits per heavy atom. The van der Waals surface area contributed by atoms with Crippen LogP contribution in [0.15, 0.2) is 40.9 Å². The third-order valence-electron chi connectivity index (χ3n) is 5.88. The van der Waals surface area contributed by atoms with E-state index < -0.39 is 5.91 Å². The molecule has 0 aliphatic heterocycles. The van der Waals surface area contributed by atoms with Crippen LogP contribution in [0.3, 0.4) is 0 Å². The molecule has 0 atom stereocenters. The maximum atomic E-state index is 13.5. The molecule has 2 aromatic heterocycles. The molecule has 10 heteroatoms. The number of rotatable bonds is 6. The summed E-state index contributed by atoms with van der Waals surface area (Å²) in [5, 5.41) is 17.1. The number of carbonyl (C=O) groups excluding carboxylic acids is 2. The number of aliphatic hydroxyl groups excluding tert-OH is 1. The van der Waals surface area contributed by atoms with Gasteiger partial charge < -0.3 is 14.8 Å². The van der Waals surface area contributed by atoms with Crippen LogP contribution in [0, 0.1) is 5.92 Å². The van der Waals surface area contributed by atoms with Gasteiger partial charge in [0.2, 0.25) is 5.91 Å². The number of nitrogens with one attached hydrogen (secondary N) is 1. The fourth-order valence-electron chi connectivity index (χ4n) is 4.26. The van der Waals surface area contributed by atoms with Crippen molar-refractivity contribution >= 4 is 58.3 Å². The molecule has 0 saturated heterocycles. The molecule has 1 aliphatic rings. The summed E-state index contributed by atoms with van der Waals surface area (Å²) in [6.07, 6.45) is 6.31. The normalized spacial score (nSPS) is 14.1. The Balaban J connectivity index is 0.00000324. The first-order chi connectivity index (χ1) is 15.9. The lowest BCUT2D eigenvalue weighted by molar-refractivity contribution is -0.125. The Labute approximate surface area is 209 Å². The van der Waals surface area contributed by atoms with Gasteiger partial charge in [0.25, 0.3) is 5.91 Å². The first-order valence-electron chi connectivity index (χ1n) is 11.0. The smallest absolute Gasteiger partial charge is 0.292 e. The Morgan fingerprint density at radius 1 is 1.18 bits per heavy atom. The number of aliphatic hydroxyl groups is 1. The molecule has 0 unspecified atom stereocenters. The number of carbonyl (C=O) groups is 2. The lowest BCUT2D eigenvalue weighted by atomic mass is 9.88. The van der Waals surface area contributed by atoms with Crippen LogP contribution < -0.4 is 10.3 Å². The number of anilines is 2. The number of hydrazine groups is 1. The quantitative estimate of drug-likeness (QED) is 0.454. The molecule has 1 fully saturated rings. The molecule has 1 aromatic carbocycles. The van der Waals surface area contributed by atoms with E-state index in [-0.39, 0.29) is 36.6 Å². The summed E-state index contributed by atoms with van der Waals surface area (Å²) in [6.45, 7) is -0.273. The number of hydrogen-bond acceptors (Lipinski definition) is 6. The van der Waals surface area contributed by atoms with Crippen LogP contribution in [-0.2, 0) is 11.4 Å². The van der Waals surface area contributed by atoms with Crippen molar-refractivity contribution in [1.29, 1.82) is 0 Å². The van der Waals surface area contributed by atoms with E-state index in [4.69, 9.17) is 16.0 Å². The largest absolute Gasteiger partial charge is 0.449 e. The van der Waals surface area contributed by atoms with Gasteiger partial charge in [0, 0.05) is 37.2 Å². The zero-order valence-electron chi connectivity index (χ0n) is 19.1. The summed E-state index contributed by atoms with van der Waals surface area (Å²) in [5.74, 6) is -0.190. The monoisotopic (exact) mass is 506 g/mol. The van der Waals surface area contributed by atoms with E-state index >= 15 is 0 Å². The summed E-state index contributed by atoms with van der Waals surface area (Å²) in [4.78, 5) is 30.4. The molecule has 182 valence electrons. The molecule has 1 aliphatic carbocycles. The third kappa shape index (κ3) is 5.36. The topological polar surface area (TPSA) is 98.9 Å². The Bertz CT molecular complexity index is 1160. The Hall–Kier alpha value is -2.65. The Morgan fingerprint density at radius 2 is 1.91 bits per heavy atom. The lowest BCUT2D eigenvalue weighted by Gasteiger charge is -2.34. The summed E-state index contributed by atoms with van der Waals surface area (Å²) < 4.78 is 5.97. The minimum absolute atomic E-state index is 0. The number of pyridine rings is 1. The van der Waals surface area contributed by atoms with Crippen LogP contribution in [-0.4, -0.2) is 41.0 Å². The van der Waals surface area contributed by atoms with Gasteiger partial charge in [-0.15, -0.1) is 12.4 Å². The van der Waals surface area contributed by atoms with Gasteiger partial charge in [-0.1, -0.05) is 43.0 Å². The van der Waals surface area contributed by atoms with Gasteiger partial charge in [-0.3, -0.25) is 9.59 Å². The number of benzene rings is 1. The van der Waals surface area contributed by atoms with Crippen molar-refractivity contribution in [1.82, 2.24) is 9.99 Å². The number of amides is 2. The van der Waals surface area contributed by atoms with E-state index in [1.54, 1.807) is 54.4 Å². The molecule has 0 bridgehead atoms. The predicted octanol–water partition coefficient (Wildman–Crippen LogP) is 5.04. The van der Waals surface area contributed by atoms with Gasteiger partial charge in [-0.05, 0) is 31.0 Å². The van der Waals surface area contributed by atoms with Crippen LogP contribution >= 0.6 is 24.0 Å². The van der Waals surface area contributed by atoms with Crippen molar-refractivity contribution in [3.63, 3.8) is 0 Å². The third-order valence-corrected chi connectivity index (χ3v) is 6.11. The lowest BCUT2D eigenvalue weighted by Crippen LogP contribution is -2.46. The Kier molecular flexibility index (Phi) is 8.54. The second kappa shape index (κ2) is 11.2. The van der Waals surface area contributed by atoms with E-state index in [2.05, 4.69) is 10.3 Å². The zero-order chi connectivity index (χ0) is 23.5. The molecule has 4 rings (SSSR count). The van der Waals surface area contributed by atoms with Crippen LogP contribution in [0.2, 0.25) is 5.02 Å². The van der Waals surface area contributed by atoms with E-state index in [1.165, 1.54) is 6.20 Å².